The van der Waals surface area contributed by atoms with Gasteiger partial charge in [0.05, 0.1) is 17.6 Å². The van der Waals surface area contributed by atoms with Crippen molar-refractivity contribution in [1.82, 2.24) is 9.97 Å². The molecule has 134 valence electrons. The maximum Gasteiger partial charge on any atom is 0.335 e. The molecule has 3 rings (SSSR count). The van der Waals surface area contributed by atoms with Gasteiger partial charge in [0.2, 0.25) is 0 Å². The molecular weight excluding hydrogens is 350 g/mol. The topological polar surface area (TPSA) is 84.3 Å². The summed E-state index contributed by atoms with van der Waals surface area (Å²) in [4.78, 5) is 21.2. The van der Waals surface area contributed by atoms with E-state index in [0.29, 0.717) is 5.82 Å². The summed E-state index contributed by atoms with van der Waals surface area (Å²) in [5, 5.41) is 13.1. The molecule has 2 heterocycles. The van der Waals surface area contributed by atoms with Crippen LogP contribution in [0.15, 0.2) is 36.4 Å². The summed E-state index contributed by atoms with van der Waals surface area (Å²) in [6.45, 7) is 4.02. The maximum atomic E-state index is 11.0. The third-order valence-corrected chi connectivity index (χ3v) is 5.01. The van der Waals surface area contributed by atoms with Gasteiger partial charge in [-0.2, -0.15) is 0 Å². The van der Waals surface area contributed by atoms with Crippen LogP contribution < -0.4 is 10.1 Å². The molecule has 2 N–H and O–H groups in total. The summed E-state index contributed by atoms with van der Waals surface area (Å²) < 4.78 is 5.25. The molecule has 0 aliphatic rings. The Morgan fingerprint density at radius 2 is 1.92 bits per heavy atom. The molecule has 0 fully saturated rings. The maximum absolute atomic E-state index is 11.0. The first-order valence-electron chi connectivity index (χ1n) is 8.14. The third-order valence-electron chi connectivity index (χ3n) is 3.96. The minimum absolute atomic E-state index is 0.247. The number of benzene rings is 1. The number of ether oxygens (including phenoxy) is 1. The number of carbonyl (C=O) groups is 1. The Kier molecular flexibility index (Phi) is 5.18. The summed E-state index contributed by atoms with van der Waals surface area (Å²) in [5.41, 5.74) is 2.96. The van der Waals surface area contributed by atoms with Crippen LogP contribution in [-0.2, 0) is 6.42 Å². The van der Waals surface area contributed by atoms with Gasteiger partial charge < -0.3 is 15.2 Å². The molecule has 0 radical (unpaired) electrons. The number of aromatic carboxylic acids is 1. The molecule has 0 bridgehead atoms. The number of hydrogen-bond acceptors (Lipinski definition) is 6. The van der Waals surface area contributed by atoms with Crippen LogP contribution >= 0.6 is 11.3 Å². The molecular formula is C19H19N3O3S. The molecule has 0 amide bonds. The van der Waals surface area contributed by atoms with E-state index >= 15 is 0 Å². The zero-order valence-corrected chi connectivity index (χ0v) is 15.6. The van der Waals surface area contributed by atoms with Crippen molar-refractivity contribution in [2.75, 3.05) is 12.4 Å². The largest absolute Gasteiger partial charge is 0.487 e. The molecule has 0 saturated heterocycles. The van der Waals surface area contributed by atoms with Crippen molar-refractivity contribution in [2.45, 2.75) is 20.3 Å². The van der Waals surface area contributed by atoms with Gasteiger partial charge in [0, 0.05) is 16.9 Å². The third kappa shape index (κ3) is 3.67. The number of nitrogens with zero attached hydrogens (tertiary/aromatic N) is 2. The highest BCUT2D eigenvalue weighted by Gasteiger charge is 2.14. The number of anilines is 2. The summed E-state index contributed by atoms with van der Waals surface area (Å²) in [6.07, 6.45) is 0.787. The van der Waals surface area contributed by atoms with Crippen molar-refractivity contribution in [1.29, 1.82) is 0 Å². The van der Waals surface area contributed by atoms with Gasteiger partial charge in [-0.05, 0) is 49.7 Å². The van der Waals surface area contributed by atoms with Crippen LogP contribution in [0.5, 0.6) is 5.06 Å². The average Bonchev–Trinajstić information content (AvgIpc) is 3.11. The average molecular weight is 369 g/mol. The number of aromatic nitrogens is 2. The number of carboxylic acid groups (broad SMARTS) is 1. The normalized spacial score (nSPS) is 10.6. The van der Waals surface area contributed by atoms with Gasteiger partial charge in [-0.15, -0.1) is 0 Å². The standard InChI is InChI=1S/C19H19N3O3S/c1-4-14-11(2)20-18(15-9-10-16(25-3)26-15)22-17(14)21-13-7-5-12(6-8-13)19(23)24/h5-10H,4H2,1-3H3,(H,23,24)(H,20,21,22). The van der Waals surface area contributed by atoms with E-state index in [0.717, 1.165) is 39.1 Å². The van der Waals surface area contributed by atoms with Gasteiger partial charge in [0.15, 0.2) is 10.9 Å². The van der Waals surface area contributed by atoms with Crippen LogP contribution in [0.4, 0.5) is 11.5 Å². The fraction of sp³-hybridized carbons (Fsp3) is 0.211. The van der Waals surface area contributed by atoms with Crippen LogP contribution in [0.25, 0.3) is 10.7 Å². The molecule has 0 unspecified atom stereocenters. The van der Waals surface area contributed by atoms with Crippen LogP contribution in [0, 0.1) is 6.92 Å². The Labute approximate surface area is 155 Å². The Morgan fingerprint density at radius 3 is 2.50 bits per heavy atom. The van der Waals surface area contributed by atoms with Gasteiger partial charge in [0.25, 0.3) is 0 Å². The lowest BCUT2D eigenvalue weighted by molar-refractivity contribution is 0.0697. The summed E-state index contributed by atoms with van der Waals surface area (Å²) >= 11 is 1.49. The molecule has 0 spiro atoms. The summed E-state index contributed by atoms with van der Waals surface area (Å²) in [7, 11) is 1.63. The van der Waals surface area contributed by atoms with Crippen molar-refractivity contribution in [2.24, 2.45) is 0 Å². The number of rotatable bonds is 6. The fourth-order valence-electron chi connectivity index (χ4n) is 2.62. The predicted octanol–water partition coefficient (Wildman–Crippen LogP) is 4.53. The molecule has 0 aliphatic heterocycles. The molecule has 6 nitrogen and oxygen atoms in total. The van der Waals surface area contributed by atoms with E-state index in [1.165, 1.54) is 11.3 Å². The molecule has 7 heteroatoms. The number of methoxy groups -OCH3 is 1. The number of aryl methyl sites for hydroxylation is 1. The number of hydrogen-bond donors (Lipinski definition) is 2. The van der Waals surface area contributed by atoms with E-state index in [-0.39, 0.29) is 5.56 Å². The second-order valence-corrected chi connectivity index (χ2v) is 6.69. The molecule has 0 atom stereocenters. The zero-order valence-electron chi connectivity index (χ0n) is 14.7. The van der Waals surface area contributed by atoms with Gasteiger partial charge in [-0.1, -0.05) is 18.3 Å². The van der Waals surface area contributed by atoms with Crippen molar-refractivity contribution in [3.05, 3.63) is 53.2 Å². The lowest BCUT2D eigenvalue weighted by Gasteiger charge is -2.13. The molecule has 26 heavy (non-hydrogen) atoms. The minimum atomic E-state index is -0.947. The predicted molar refractivity (Wildman–Crippen MR) is 103 cm³/mol. The highest BCUT2D eigenvalue weighted by atomic mass is 32.1. The lowest BCUT2D eigenvalue weighted by atomic mass is 10.1. The van der Waals surface area contributed by atoms with E-state index in [2.05, 4.69) is 17.2 Å². The zero-order chi connectivity index (χ0) is 18.7. The minimum Gasteiger partial charge on any atom is -0.487 e. The van der Waals surface area contributed by atoms with E-state index in [1.54, 1.807) is 31.4 Å². The van der Waals surface area contributed by atoms with Crippen molar-refractivity contribution in [3.63, 3.8) is 0 Å². The Balaban J connectivity index is 1.97. The van der Waals surface area contributed by atoms with Gasteiger partial charge in [0.1, 0.15) is 5.82 Å². The van der Waals surface area contributed by atoms with E-state index < -0.39 is 5.97 Å². The first-order chi connectivity index (χ1) is 12.5. The van der Waals surface area contributed by atoms with Crippen LogP contribution in [0.1, 0.15) is 28.5 Å². The summed E-state index contributed by atoms with van der Waals surface area (Å²) in [5.74, 6) is 0.417. The molecule has 0 saturated carbocycles. The molecule has 3 aromatic rings. The Bertz CT molecular complexity index is 936. The van der Waals surface area contributed by atoms with Crippen LogP contribution in [0.3, 0.4) is 0 Å². The Morgan fingerprint density at radius 1 is 1.19 bits per heavy atom. The quantitative estimate of drug-likeness (QED) is 0.664. The number of nitrogens with one attached hydrogen (secondary N) is 1. The van der Waals surface area contributed by atoms with Crippen LogP contribution in [-0.4, -0.2) is 28.2 Å². The first kappa shape index (κ1) is 17.9. The highest BCUT2D eigenvalue weighted by Crippen LogP contribution is 2.33. The van der Waals surface area contributed by atoms with Crippen molar-refractivity contribution in [3.8, 4) is 15.8 Å². The highest BCUT2D eigenvalue weighted by molar-refractivity contribution is 7.17. The summed E-state index contributed by atoms with van der Waals surface area (Å²) in [6, 6.07) is 10.4. The smallest absolute Gasteiger partial charge is 0.335 e. The van der Waals surface area contributed by atoms with E-state index in [4.69, 9.17) is 14.8 Å². The van der Waals surface area contributed by atoms with Crippen LogP contribution in [0.2, 0.25) is 0 Å². The Hall–Kier alpha value is -2.93. The lowest BCUT2D eigenvalue weighted by Crippen LogP contribution is -2.05. The molecule has 1 aromatic carbocycles. The molecule has 2 aromatic heterocycles. The van der Waals surface area contributed by atoms with E-state index in [1.807, 2.05) is 19.1 Å². The number of carboxylic acids is 1. The van der Waals surface area contributed by atoms with Gasteiger partial charge >= 0.3 is 5.97 Å². The second-order valence-electron chi connectivity index (χ2n) is 5.64. The van der Waals surface area contributed by atoms with Crippen molar-refractivity contribution >= 4 is 28.8 Å². The first-order valence-corrected chi connectivity index (χ1v) is 8.95. The van der Waals surface area contributed by atoms with Gasteiger partial charge in [-0.3, -0.25) is 0 Å². The van der Waals surface area contributed by atoms with Gasteiger partial charge in [-0.25, -0.2) is 14.8 Å². The van der Waals surface area contributed by atoms with Crippen molar-refractivity contribution < 1.29 is 14.6 Å². The fourth-order valence-corrected chi connectivity index (χ4v) is 3.37. The SMILES string of the molecule is CCc1c(C)nc(-c2ccc(OC)s2)nc1Nc1ccc(C(=O)O)cc1. The number of thiophene rings is 1. The van der Waals surface area contributed by atoms with E-state index in [9.17, 15) is 4.79 Å². The monoisotopic (exact) mass is 369 g/mol. The second kappa shape index (κ2) is 7.53. The molecule has 0 aliphatic carbocycles.